The van der Waals surface area contributed by atoms with E-state index in [4.69, 9.17) is 4.74 Å². The fourth-order valence-electron chi connectivity index (χ4n) is 4.90. The first-order chi connectivity index (χ1) is 19.4. The lowest BCUT2D eigenvalue weighted by molar-refractivity contribution is -0.126. The molecule has 0 amide bonds. The Kier molecular flexibility index (Phi) is 8.61. The molecule has 1 aromatic heterocycles. The summed E-state index contributed by atoms with van der Waals surface area (Å²) in [6.45, 7) is 4.65. The molecule has 2 atom stereocenters. The van der Waals surface area contributed by atoms with E-state index in [9.17, 15) is 22.1 Å². The Hall–Kier alpha value is -2.73. The van der Waals surface area contributed by atoms with E-state index in [2.05, 4.69) is 22.5 Å². The third-order valence-corrected chi connectivity index (χ3v) is 9.97. The Labute approximate surface area is 242 Å². The molecule has 2 N–H and O–H groups in total. The second-order valence-electron chi connectivity index (χ2n) is 11.2. The van der Waals surface area contributed by atoms with Gasteiger partial charge in [0.1, 0.15) is 19.1 Å². The number of hydrogen-bond acceptors (Lipinski definition) is 6. The van der Waals surface area contributed by atoms with Crippen LogP contribution in [0.5, 0.6) is 5.75 Å². The van der Waals surface area contributed by atoms with E-state index in [1.165, 1.54) is 11.3 Å². The molecular formula is C30H34F4N3O2PS. The predicted molar refractivity (Wildman–Crippen MR) is 161 cm³/mol. The maximum absolute atomic E-state index is 14.7. The molecule has 220 valence electrons. The van der Waals surface area contributed by atoms with Gasteiger partial charge >= 0.3 is 6.18 Å². The van der Waals surface area contributed by atoms with Crippen LogP contribution < -0.4 is 20.7 Å². The first-order valence-electron chi connectivity index (χ1n) is 13.7. The Morgan fingerprint density at radius 3 is 2.61 bits per heavy atom. The van der Waals surface area contributed by atoms with E-state index < -0.39 is 32.0 Å². The summed E-state index contributed by atoms with van der Waals surface area (Å²) in [7, 11) is -0.602. The number of likely N-dealkylation sites (tertiary alicyclic amines) is 1. The van der Waals surface area contributed by atoms with Gasteiger partial charge in [0.2, 0.25) is 0 Å². The van der Waals surface area contributed by atoms with Crippen LogP contribution in [0.25, 0.3) is 10.1 Å². The molecule has 2 fully saturated rings. The van der Waals surface area contributed by atoms with Crippen molar-refractivity contribution in [2.24, 2.45) is 0 Å². The van der Waals surface area contributed by atoms with Gasteiger partial charge in [0.15, 0.2) is 0 Å². The summed E-state index contributed by atoms with van der Waals surface area (Å²) < 4.78 is 74.8. The van der Waals surface area contributed by atoms with Crippen LogP contribution in [0.4, 0.5) is 28.9 Å². The topological polar surface area (TPSA) is 53.6 Å². The minimum absolute atomic E-state index is 0.137. The molecule has 0 radical (unpaired) electrons. The molecule has 0 bridgehead atoms. The molecule has 1 aliphatic carbocycles. The molecule has 41 heavy (non-hydrogen) atoms. The van der Waals surface area contributed by atoms with Crippen LogP contribution >= 0.6 is 18.5 Å². The van der Waals surface area contributed by atoms with Crippen molar-refractivity contribution in [2.75, 3.05) is 50.6 Å². The zero-order valence-electron chi connectivity index (χ0n) is 23.3. The highest BCUT2D eigenvalue weighted by Crippen LogP contribution is 2.41. The lowest BCUT2D eigenvalue weighted by Gasteiger charge is -2.33. The zero-order chi connectivity index (χ0) is 29.4. The molecule has 5 nitrogen and oxygen atoms in total. The lowest BCUT2D eigenvalue weighted by Crippen LogP contribution is -2.46. The molecular weight excluding hydrogens is 573 g/mol. The molecule has 0 spiro atoms. The normalized spacial score (nSPS) is 20.0. The van der Waals surface area contributed by atoms with E-state index >= 15 is 0 Å². The average molecular weight is 608 g/mol. The van der Waals surface area contributed by atoms with E-state index in [0.29, 0.717) is 45.1 Å². The molecule has 11 heteroatoms. The number of thiophene rings is 1. The summed E-state index contributed by atoms with van der Waals surface area (Å²) in [6, 6.07) is 10.2. The van der Waals surface area contributed by atoms with Crippen LogP contribution in [-0.4, -0.2) is 69.4 Å². The number of alkyl halides is 4. The summed E-state index contributed by atoms with van der Waals surface area (Å²) in [4.78, 5) is 2.27. The summed E-state index contributed by atoms with van der Waals surface area (Å²) in [6.07, 6.45) is -3.90. The summed E-state index contributed by atoms with van der Waals surface area (Å²) >= 11 is 1.20. The number of nitrogens with zero attached hydrogens (tertiary/aromatic N) is 1. The van der Waals surface area contributed by atoms with E-state index in [1.807, 2.05) is 18.0 Å². The predicted octanol–water partition coefficient (Wildman–Crippen LogP) is 6.71. The van der Waals surface area contributed by atoms with Gasteiger partial charge in [-0.2, -0.15) is 13.2 Å². The quantitative estimate of drug-likeness (QED) is 0.169. The minimum Gasteiger partial charge on any atom is -0.488 e. The monoisotopic (exact) mass is 607 g/mol. The van der Waals surface area contributed by atoms with Crippen molar-refractivity contribution in [2.45, 2.75) is 50.2 Å². The average Bonchev–Trinajstić information content (AvgIpc) is 3.64. The highest BCUT2D eigenvalue weighted by Gasteiger charge is 2.32. The smallest absolute Gasteiger partial charge is 0.393 e. The van der Waals surface area contributed by atoms with Crippen molar-refractivity contribution in [1.29, 1.82) is 0 Å². The lowest BCUT2D eigenvalue weighted by atomic mass is 10.0. The SMILES string of the molecule is CN1CCC(Nc2cccc3c(CC(F)(F)F)c(C#CCNc4ccc(P(C)(C)=O)cc4OC4CC4)sc23)C(F)C1. The van der Waals surface area contributed by atoms with Crippen LogP contribution in [-0.2, 0) is 11.0 Å². The van der Waals surface area contributed by atoms with Crippen molar-refractivity contribution in [3.05, 3.63) is 46.8 Å². The first-order valence-corrected chi connectivity index (χ1v) is 17.1. The van der Waals surface area contributed by atoms with Gasteiger partial charge in [-0.05, 0) is 74.9 Å². The molecule has 3 aromatic rings. The number of piperidine rings is 1. The minimum atomic E-state index is -4.40. The Bertz CT molecular complexity index is 1520. The summed E-state index contributed by atoms with van der Waals surface area (Å²) in [5.41, 5.74) is 1.46. The molecule has 1 saturated carbocycles. The van der Waals surface area contributed by atoms with Gasteiger partial charge in [-0.1, -0.05) is 24.0 Å². The Morgan fingerprint density at radius 1 is 1.15 bits per heavy atom. The second-order valence-corrected chi connectivity index (χ2v) is 15.4. The van der Waals surface area contributed by atoms with Crippen molar-refractivity contribution in [1.82, 2.24) is 4.90 Å². The standard InChI is InChI=1S/C30H34F4N3O2PS/c1-37-15-13-24(23(31)18-37)36-26-7-4-6-21-22(17-30(32,33)34)28(41-29(21)26)8-5-14-35-25-12-11-20(40(2,3)38)16-27(25)39-19-9-10-19/h4,6-7,11-12,16,19,23-24,35-36H,9-10,13-15,17-18H2,1-3H3. The molecule has 2 heterocycles. The third-order valence-electron chi connectivity index (χ3n) is 7.26. The largest absolute Gasteiger partial charge is 0.488 e. The van der Waals surface area contributed by atoms with E-state index in [0.717, 1.165) is 24.7 Å². The van der Waals surface area contributed by atoms with Gasteiger partial charge in [0, 0.05) is 18.4 Å². The molecule has 2 unspecified atom stereocenters. The van der Waals surface area contributed by atoms with Gasteiger partial charge < -0.3 is 24.8 Å². The number of ether oxygens (including phenoxy) is 1. The summed E-state index contributed by atoms with van der Waals surface area (Å²) in [5.74, 6) is 6.54. The van der Waals surface area contributed by atoms with Crippen molar-refractivity contribution in [3.63, 3.8) is 0 Å². The molecule has 2 aliphatic rings. The van der Waals surface area contributed by atoms with Gasteiger partial charge in [-0.3, -0.25) is 0 Å². The van der Waals surface area contributed by atoms with Crippen LogP contribution in [0, 0.1) is 11.8 Å². The highest BCUT2D eigenvalue weighted by molar-refractivity contribution is 7.70. The van der Waals surface area contributed by atoms with Crippen LogP contribution in [0.15, 0.2) is 36.4 Å². The molecule has 1 saturated heterocycles. The number of halogens is 4. The van der Waals surface area contributed by atoms with Gasteiger partial charge in [0.05, 0.1) is 46.1 Å². The second kappa shape index (κ2) is 11.9. The maximum atomic E-state index is 14.7. The Balaban J connectivity index is 1.40. The number of nitrogens with one attached hydrogen (secondary N) is 2. The maximum Gasteiger partial charge on any atom is 0.393 e. The van der Waals surface area contributed by atoms with Gasteiger partial charge in [0.25, 0.3) is 0 Å². The van der Waals surface area contributed by atoms with Crippen LogP contribution in [0.3, 0.4) is 0 Å². The Morgan fingerprint density at radius 2 is 1.93 bits per heavy atom. The molecule has 2 aromatic carbocycles. The molecule has 5 rings (SSSR count). The van der Waals surface area contributed by atoms with Crippen molar-refractivity contribution in [3.8, 4) is 17.6 Å². The number of anilines is 2. The van der Waals surface area contributed by atoms with Crippen LogP contribution in [0.1, 0.15) is 29.7 Å². The number of hydrogen-bond donors (Lipinski definition) is 2. The molecule has 1 aliphatic heterocycles. The highest BCUT2D eigenvalue weighted by atomic mass is 32.1. The first kappa shape index (κ1) is 29.8. The summed E-state index contributed by atoms with van der Waals surface area (Å²) in [5, 5.41) is 7.67. The number of benzene rings is 2. The fraction of sp³-hybridized carbons (Fsp3) is 0.467. The van der Waals surface area contributed by atoms with Crippen molar-refractivity contribution < 1.29 is 26.9 Å². The number of fused-ring (bicyclic) bond motifs is 1. The fourth-order valence-corrected chi connectivity index (χ4v) is 6.93. The van der Waals surface area contributed by atoms with E-state index in [-0.39, 0.29) is 18.2 Å². The van der Waals surface area contributed by atoms with Gasteiger partial charge in [-0.25, -0.2) is 4.39 Å². The zero-order valence-corrected chi connectivity index (χ0v) is 25.0. The third kappa shape index (κ3) is 7.57. The number of rotatable bonds is 8. The van der Waals surface area contributed by atoms with E-state index in [1.54, 1.807) is 43.7 Å². The van der Waals surface area contributed by atoms with Crippen LogP contribution in [0.2, 0.25) is 0 Å². The van der Waals surface area contributed by atoms with Gasteiger partial charge in [-0.15, -0.1) is 11.3 Å². The van der Waals surface area contributed by atoms with Crippen molar-refractivity contribution >= 4 is 45.2 Å².